The first kappa shape index (κ1) is 30.9. The fraction of sp³-hybridized carbons (Fsp3) is 0.200. The number of nitrogens with one attached hydrogen (secondary N) is 2. The maximum Gasteiger partial charge on any atom is 0.416 e. The first-order chi connectivity index (χ1) is 21.4. The second-order valence-electron chi connectivity index (χ2n) is 10.2. The Morgan fingerprint density at radius 1 is 1.00 bits per heavy atom. The van der Waals surface area contributed by atoms with Crippen molar-refractivity contribution < 1.29 is 31.1 Å². The van der Waals surface area contributed by atoms with Crippen molar-refractivity contribution in [3.05, 3.63) is 94.0 Å². The number of amides is 1. The normalized spacial score (nSPS) is 14.1. The molecule has 234 valence electrons. The van der Waals surface area contributed by atoms with Crippen molar-refractivity contribution in [1.82, 2.24) is 9.78 Å². The van der Waals surface area contributed by atoms with Gasteiger partial charge in [-0.15, -0.1) is 11.3 Å². The largest absolute Gasteiger partial charge is 0.416 e. The van der Waals surface area contributed by atoms with Gasteiger partial charge in [-0.1, -0.05) is 17.7 Å². The standard InChI is InChI=1S/C30H25ClF3N5O4S2/c1-18-24-17-26(44-29(24)39(36-18)23-4-2-3-19(15-23)30(32,33)34)28(40)35-22-9-10-25(38-11-13-43-14-12-38)27(16-22)45(41,42)37-21-7-5-20(31)6-8-21/h2-10,15-17,37H,11-14H2,1H3,(H,35,40). The van der Waals surface area contributed by atoms with E-state index in [1.54, 1.807) is 49.4 Å². The minimum absolute atomic E-state index is 0.0375. The van der Waals surface area contributed by atoms with Crippen LogP contribution in [0.5, 0.6) is 0 Å². The van der Waals surface area contributed by atoms with E-state index >= 15 is 0 Å². The number of anilines is 3. The highest BCUT2D eigenvalue weighted by atomic mass is 35.5. The van der Waals surface area contributed by atoms with Crippen molar-refractivity contribution in [2.45, 2.75) is 18.0 Å². The number of carbonyl (C=O) groups is 1. The third-order valence-corrected chi connectivity index (χ3v) is 9.91. The number of hydrogen-bond acceptors (Lipinski definition) is 7. The molecule has 15 heteroatoms. The van der Waals surface area contributed by atoms with Crippen molar-refractivity contribution in [3.63, 3.8) is 0 Å². The van der Waals surface area contributed by atoms with Gasteiger partial charge >= 0.3 is 6.18 Å². The summed E-state index contributed by atoms with van der Waals surface area (Å²) in [4.78, 5) is 16.0. The first-order valence-electron chi connectivity index (χ1n) is 13.6. The average Bonchev–Trinajstić information content (AvgIpc) is 3.59. The number of fused-ring (bicyclic) bond motifs is 1. The molecule has 0 aliphatic carbocycles. The summed E-state index contributed by atoms with van der Waals surface area (Å²) in [5.41, 5.74) is 0.941. The fourth-order valence-electron chi connectivity index (χ4n) is 4.94. The Labute approximate surface area is 265 Å². The molecule has 3 aromatic carbocycles. The topological polar surface area (TPSA) is 106 Å². The highest BCUT2D eigenvalue weighted by molar-refractivity contribution is 7.92. The van der Waals surface area contributed by atoms with E-state index in [1.807, 2.05) is 4.90 Å². The predicted octanol–water partition coefficient (Wildman–Crippen LogP) is 6.96. The van der Waals surface area contributed by atoms with Crippen LogP contribution in [0.1, 0.15) is 20.9 Å². The summed E-state index contributed by atoms with van der Waals surface area (Å²) in [5, 5.41) is 8.23. The lowest BCUT2D eigenvalue weighted by molar-refractivity contribution is -0.137. The Morgan fingerprint density at radius 3 is 2.42 bits per heavy atom. The number of hydrogen-bond donors (Lipinski definition) is 2. The molecule has 45 heavy (non-hydrogen) atoms. The molecule has 0 saturated carbocycles. The summed E-state index contributed by atoms with van der Waals surface area (Å²) in [6.07, 6.45) is -4.52. The first-order valence-corrected chi connectivity index (χ1v) is 16.3. The molecule has 9 nitrogen and oxygen atoms in total. The Kier molecular flexibility index (Phi) is 8.24. The van der Waals surface area contributed by atoms with Crippen LogP contribution < -0.4 is 14.9 Å². The number of ether oxygens (including phenoxy) is 1. The molecule has 0 bridgehead atoms. The number of benzene rings is 3. The van der Waals surface area contributed by atoms with Gasteiger partial charge in [-0.05, 0) is 73.7 Å². The van der Waals surface area contributed by atoms with Crippen molar-refractivity contribution in [1.29, 1.82) is 0 Å². The second-order valence-corrected chi connectivity index (χ2v) is 13.3. The zero-order valence-corrected chi connectivity index (χ0v) is 25.9. The molecule has 1 aliphatic rings. The summed E-state index contributed by atoms with van der Waals surface area (Å²) in [7, 11) is -4.11. The number of alkyl halides is 3. The van der Waals surface area contributed by atoms with Crippen molar-refractivity contribution in [2.24, 2.45) is 0 Å². The quantitative estimate of drug-likeness (QED) is 0.193. The molecule has 0 unspecified atom stereocenters. The van der Waals surface area contributed by atoms with Gasteiger partial charge in [-0.2, -0.15) is 18.3 Å². The van der Waals surface area contributed by atoms with Gasteiger partial charge < -0.3 is 15.0 Å². The van der Waals surface area contributed by atoms with Gasteiger partial charge in [-0.3, -0.25) is 9.52 Å². The SMILES string of the molecule is Cc1nn(-c2cccc(C(F)(F)F)c2)c2sc(C(=O)Nc3ccc(N4CCOCC4)c(S(=O)(=O)Nc4ccc(Cl)cc4)c3)cc12. The number of sulfonamides is 1. The Balaban J connectivity index is 1.32. The zero-order valence-electron chi connectivity index (χ0n) is 23.6. The van der Waals surface area contributed by atoms with Crippen LogP contribution in [-0.2, 0) is 20.9 Å². The van der Waals surface area contributed by atoms with E-state index < -0.39 is 27.7 Å². The van der Waals surface area contributed by atoms with Crippen molar-refractivity contribution in [3.8, 4) is 5.69 Å². The molecule has 1 fully saturated rings. The number of morpholine rings is 1. The molecule has 2 aromatic heterocycles. The lowest BCUT2D eigenvalue weighted by atomic mass is 10.2. The van der Waals surface area contributed by atoms with Gasteiger partial charge in [0.15, 0.2) is 0 Å². The highest BCUT2D eigenvalue weighted by Crippen LogP contribution is 2.35. The van der Waals surface area contributed by atoms with Gasteiger partial charge in [0.2, 0.25) is 0 Å². The maximum absolute atomic E-state index is 13.6. The molecule has 0 spiro atoms. The fourth-order valence-corrected chi connectivity index (χ4v) is 7.46. The Bertz CT molecular complexity index is 2000. The van der Waals surface area contributed by atoms with Crippen LogP contribution in [0.4, 0.5) is 30.2 Å². The molecule has 6 rings (SSSR count). The van der Waals surface area contributed by atoms with Crippen LogP contribution in [0.3, 0.4) is 0 Å². The van der Waals surface area contributed by atoms with Gasteiger partial charge in [0.1, 0.15) is 9.73 Å². The van der Waals surface area contributed by atoms with Crippen LogP contribution in [0.2, 0.25) is 5.02 Å². The van der Waals surface area contributed by atoms with Crippen molar-refractivity contribution in [2.75, 3.05) is 41.2 Å². The summed E-state index contributed by atoms with van der Waals surface area (Å²) in [6, 6.07) is 17.3. The van der Waals surface area contributed by atoms with Crippen LogP contribution in [0, 0.1) is 6.92 Å². The predicted molar refractivity (Wildman–Crippen MR) is 168 cm³/mol. The van der Waals surface area contributed by atoms with Crippen molar-refractivity contribution >= 4 is 66.1 Å². The smallest absolute Gasteiger partial charge is 0.378 e. The number of rotatable bonds is 7. The number of aromatic nitrogens is 2. The molecule has 5 aromatic rings. The molecule has 0 radical (unpaired) electrons. The van der Waals surface area contributed by atoms with E-state index in [2.05, 4.69) is 15.1 Å². The van der Waals surface area contributed by atoms with E-state index in [0.717, 1.165) is 23.5 Å². The van der Waals surface area contributed by atoms with E-state index in [0.29, 0.717) is 58.6 Å². The van der Waals surface area contributed by atoms with Crippen LogP contribution in [0.15, 0.2) is 77.7 Å². The molecular formula is C30H25ClF3N5O4S2. The summed E-state index contributed by atoms with van der Waals surface area (Å²) < 4.78 is 76.7. The van der Waals surface area contributed by atoms with E-state index in [9.17, 15) is 26.4 Å². The lowest BCUT2D eigenvalue weighted by Crippen LogP contribution is -2.37. The Morgan fingerprint density at radius 2 is 1.71 bits per heavy atom. The number of nitrogens with zero attached hydrogens (tertiary/aromatic N) is 3. The van der Waals surface area contributed by atoms with Gasteiger partial charge in [0.05, 0.1) is 40.7 Å². The number of carbonyl (C=O) groups excluding carboxylic acids is 1. The zero-order chi connectivity index (χ0) is 31.9. The second kappa shape index (κ2) is 12.0. The average molecular weight is 676 g/mol. The third kappa shape index (κ3) is 6.50. The van der Waals surface area contributed by atoms with Crippen LogP contribution in [-0.4, -0.2) is 50.4 Å². The number of halogens is 4. The minimum Gasteiger partial charge on any atom is -0.378 e. The molecule has 1 saturated heterocycles. The maximum atomic E-state index is 13.6. The summed E-state index contributed by atoms with van der Waals surface area (Å²) >= 11 is 7.02. The van der Waals surface area contributed by atoms with Crippen LogP contribution in [0.25, 0.3) is 15.9 Å². The number of aryl methyl sites for hydroxylation is 1. The summed E-state index contributed by atoms with van der Waals surface area (Å²) in [5.74, 6) is -0.515. The monoisotopic (exact) mass is 675 g/mol. The van der Waals surface area contributed by atoms with Crippen LogP contribution >= 0.6 is 22.9 Å². The van der Waals surface area contributed by atoms with E-state index in [1.165, 1.54) is 22.9 Å². The minimum atomic E-state index is -4.52. The van der Waals surface area contributed by atoms with Gasteiger partial charge in [0, 0.05) is 34.9 Å². The van der Waals surface area contributed by atoms with E-state index in [4.69, 9.17) is 16.3 Å². The van der Waals surface area contributed by atoms with Gasteiger partial charge in [0.25, 0.3) is 15.9 Å². The third-order valence-electron chi connectivity index (χ3n) is 7.14. The van der Waals surface area contributed by atoms with Gasteiger partial charge in [-0.25, -0.2) is 13.1 Å². The molecular weight excluding hydrogens is 651 g/mol. The lowest BCUT2D eigenvalue weighted by Gasteiger charge is -2.30. The van der Waals surface area contributed by atoms with E-state index in [-0.39, 0.29) is 21.1 Å². The Hall–Kier alpha value is -4.11. The summed E-state index contributed by atoms with van der Waals surface area (Å²) in [6.45, 7) is 3.55. The molecule has 0 atom stereocenters. The molecule has 1 aliphatic heterocycles. The number of thiophene rings is 1. The highest BCUT2D eigenvalue weighted by Gasteiger charge is 2.31. The molecule has 3 heterocycles. The molecule has 1 amide bonds. The molecule has 2 N–H and O–H groups in total.